The van der Waals surface area contributed by atoms with E-state index in [-0.39, 0.29) is 25.0 Å². The maximum atomic E-state index is 12.2. The number of carbonyl (C=O) groups is 2. The van der Waals surface area contributed by atoms with E-state index in [9.17, 15) is 9.59 Å². The maximum absolute atomic E-state index is 12.2. The van der Waals surface area contributed by atoms with Gasteiger partial charge in [-0.05, 0) is 24.3 Å². The van der Waals surface area contributed by atoms with E-state index in [1.165, 1.54) is 4.90 Å². The molecule has 0 aromatic heterocycles. The fourth-order valence-corrected chi connectivity index (χ4v) is 2.43. The summed E-state index contributed by atoms with van der Waals surface area (Å²) in [6.07, 6.45) is 0. The minimum atomic E-state index is -0.274. The summed E-state index contributed by atoms with van der Waals surface area (Å²) < 4.78 is 10.8. The van der Waals surface area contributed by atoms with Crippen molar-refractivity contribution in [2.45, 2.75) is 0 Å². The number of fused-ring (bicyclic) bond motifs is 1. The van der Waals surface area contributed by atoms with Crippen LogP contribution in [-0.4, -0.2) is 37.0 Å². The van der Waals surface area contributed by atoms with Crippen LogP contribution >= 0.6 is 0 Å². The Kier molecular flexibility index (Phi) is 3.78. The highest BCUT2D eigenvalue weighted by Crippen LogP contribution is 2.26. The van der Waals surface area contributed by atoms with E-state index in [1.807, 2.05) is 12.1 Å². The molecule has 5 nitrogen and oxygen atoms in total. The van der Waals surface area contributed by atoms with Crippen LogP contribution in [0, 0.1) is 0 Å². The molecule has 0 aliphatic carbocycles. The van der Waals surface area contributed by atoms with Crippen molar-refractivity contribution in [1.29, 1.82) is 0 Å². The lowest BCUT2D eigenvalue weighted by Gasteiger charge is -2.15. The Morgan fingerprint density at radius 2 is 1.41 bits per heavy atom. The van der Waals surface area contributed by atoms with Crippen molar-refractivity contribution >= 4 is 11.8 Å². The number of methoxy groups -OCH3 is 1. The molecule has 1 aliphatic heterocycles. The summed E-state index contributed by atoms with van der Waals surface area (Å²) >= 11 is 0. The van der Waals surface area contributed by atoms with Gasteiger partial charge >= 0.3 is 0 Å². The second-order valence-electron chi connectivity index (χ2n) is 4.81. The lowest BCUT2D eigenvalue weighted by molar-refractivity contribution is 0.0631. The Labute approximate surface area is 128 Å². The third kappa shape index (κ3) is 2.41. The fraction of sp³-hybridized carbons (Fsp3) is 0.176. The van der Waals surface area contributed by atoms with Crippen LogP contribution in [0.2, 0.25) is 0 Å². The molecule has 0 spiro atoms. The van der Waals surface area contributed by atoms with Crippen LogP contribution < -0.4 is 9.47 Å². The summed E-state index contributed by atoms with van der Waals surface area (Å²) in [5.41, 5.74) is 0.898. The first-order chi connectivity index (χ1) is 10.7. The molecule has 2 aromatic carbocycles. The molecule has 5 heteroatoms. The Morgan fingerprint density at radius 1 is 0.864 bits per heavy atom. The predicted octanol–water partition coefficient (Wildman–Crippen LogP) is 2.37. The first-order valence-electron chi connectivity index (χ1n) is 6.93. The lowest BCUT2D eigenvalue weighted by Crippen LogP contribution is -2.33. The summed E-state index contributed by atoms with van der Waals surface area (Å²) in [6.45, 7) is 0.413. The quantitative estimate of drug-likeness (QED) is 0.795. The number of imide groups is 1. The molecule has 1 aliphatic rings. The van der Waals surface area contributed by atoms with E-state index in [1.54, 1.807) is 43.5 Å². The summed E-state index contributed by atoms with van der Waals surface area (Å²) in [6, 6.07) is 14.1. The number of carbonyl (C=O) groups excluding carboxylic acids is 2. The highest BCUT2D eigenvalue weighted by Gasteiger charge is 2.34. The van der Waals surface area contributed by atoms with Crippen LogP contribution in [0.5, 0.6) is 11.5 Å². The molecule has 22 heavy (non-hydrogen) atoms. The van der Waals surface area contributed by atoms with Crippen LogP contribution in [-0.2, 0) is 0 Å². The van der Waals surface area contributed by atoms with E-state index in [0.29, 0.717) is 22.6 Å². The van der Waals surface area contributed by atoms with Gasteiger partial charge in [-0.15, -0.1) is 0 Å². The van der Waals surface area contributed by atoms with Crippen molar-refractivity contribution < 1.29 is 19.1 Å². The maximum Gasteiger partial charge on any atom is 0.261 e. The normalized spacial score (nSPS) is 13.2. The molecule has 112 valence electrons. The molecule has 0 unspecified atom stereocenters. The number of hydrogen-bond acceptors (Lipinski definition) is 4. The van der Waals surface area contributed by atoms with Crippen LogP contribution in [0.15, 0.2) is 48.5 Å². The third-order valence-electron chi connectivity index (χ3n) is 3.52. The zero-order valence-corrected chi connectivity index (χ0v) is 12.1. The van der Waals surface area contributed by atoms with Gasteiger partial charge in [-0.2, -0.15) is 0 Å². The number of ether oxygens (including phenoxy) is 2. The first kappa shape index (κ1) is 14.1. The van der Waals surface area contributed by atoms with Crippen LogP contribution in [0.25, 0.3) is 0 Å². The smallest absolute Gasteiger partial charge is 0.261 e. The molecule has 2 amide bonds. The Balaban J connectivity index is 1.66. The molecule has 0 fully saturated rings. The number of amides is 2. The van der Waals surface area contributed by atoms with Crippen molar-refractivity contribution in [1.82, 2.24) is 4.90 Å². The van der Waals surface area contributed by atoms with E-state index >= 15 is 0 Å². The fourth-order valence-electron chi connectivity index (χ4n) is 2.43. The second kappa shape index (κ2) is 5.89. The highest BCUT2D eigenvalue weighted by atomic mass is 16.5. The van der Waals surface area contributed by atoms with Gasteiger partial charge in [0.2, 0.25) is 0 Å². The van der Waals surface area contributed by atoms with E-state index in [0.717, 1.165) is 0 Å². The average Bonchev–Trinajstić information content (AvgIpc) is 2.80. The van der Waals surface area contributed by atoms with E-state index in [2.05, 4.69) is 0 Å². The number of para-hydroxylation sites is 2. The Morgan fingerprint density at radius 3 is 2.00 bits per heavy atom. The molecule has 0 atom stereocenters. The zero-order chi connectivity index (χ0) is 15.5. The van der Waals surface area contributed by atoms with Gasteiger partial charge in [0.15, 0.2) is 11.5 Å². The van der Waals surface area contributed by atoms with Crippen molar-refractivity contribution in [2.75, 3.05) is 20.3 Å². The van der Waals surface area contributed by atoms with Crippen molar-refractivity contribution in [3.8, 4) is 11.5 Å². The number of hydrogen-bond donors (Lipinski definition) is 0. The average molecular weight is 297 g/mol. The third-order valence-corrected chi connectivity index (χ3v) is 3.52. The first-order valence-corrected chi connectivity index (χ1v) is 6.93. The minimum Gasteiger partial charge on any atom is -0.493 e. The Bertz CT molecular complexity index is 691. The summed E-state index contributed by atoms with van der Waals surface area (Å²) in [7, 11) is 1.56. The van der Waals surface area contributed by atoms with Crippen LogP contribution in [0.3, 0.4) is 0 Å². The largest absolute Gasteiger partial charge is 0.493 e. The van der Waals surface area contributed by atoms with Gasteiger partial charge in [0.05, 0.1) is 24.8 Å². The second-order valence-corrected chi connectivity index (χ2v) is 4.81. The van der Waals surface area contributed by atoms with Crippen molar-refractivity contribution in [3.63, 3.8) is 0 Å². The van der Waals surface area contributed by atoms with Gasteiger partial charge in [0, 0.05) is 0 Å². The summed E-state index contributed by atoms with van der Waals surface area (Å²) in [4.78, 5) is 25.6. The molecule has 0 N–H and O–H groups in total. The lowest BCUT2D eigenvalue weighted by atomic mass is 10.1. The minimum absolute atomic E-state index is 0.199. The van der Waals surface area contributed by atoms with Gasteiger partial charge in [-0.25, -0.2) is 0 Å². The van der Waals surface area contributed by atoms with Crippen LogP contribution in [0.1, 0.15) is 20.7 Å². The molecule has 0 bridgehead atoms. The molecular weight excluding hydrogens is 282 g/mol. The van der Waals surface area contributed by atoms with Gasteiger partial charge in [-0.3, -0.25) is 14.5 Å². The number of benzene rings is 2. The van der Waals surface area contributed by atoms with Crippen LogP contribution in [0.4, 0.5) is 0 Å². The Hall–Kier alpha value is -2.82. The molecule has 1 heterocycles. The van der Waals surface area contributed by atoms with Crippen molar-refractivity contribution in [2.24, 2.45) is 0 Å². The molecule has 2 aromatic rings. The SMILES string of the molecule is COc1ccccc1OCCN1C(=O)c2ccccc2C1=O. The van der Waals surface area contributed by atoms with Gasteiger partial charge in [0.25, 0.3) is 11.8 Å². The monoisotopic (exact) mass is 297 g/mol. The number of rotatable bonds is 5. The molecule has 3 rings (SSSR count). The standard InChI is InChI=1S/C17H15NO4/c1-21-14-8-4-5-9-15(14)22-11-10-18-16(19)12-6-2-3-7-13(12)17(18)20/h2-9H,10-11H2,1H3. The molecule has 0 radical (unpaired) electrons. The number of nitrogens with zero attached hydrogens (tertiary/aromatic N) is 1. The molecule has 0 saturated heterocycles. The highest BCUT2D eigenvalue weighted by molar-refractivity contribution is 6.21. The van der Waals surface area contributed by atoms with Gasteiger partial charge < -0.3 is 9.47 Å². The summed E-state index contributed by atoms with van der Waals surface area (Å²) in [5, 5.41) is 0. The molecular formula is C17H15NO4. The topological polar surface area (TPSA) is 55.8 Å². The van der Waals surface area contributed by atoms with E-state index < -0.39 is 0 Å². The van der Waals surface area contributed by atoms with Crippen molar-refractivity contribution in [3.05, 3.63) is 59.7 Å². The zero-order valence-electron chi connectivity index (χ0n) is 12.1. The van der Waals surface area contributed by atoms with E-state index in [4.69, 9.17) is 9.47 Å². The molecule has 0 saturated carbocycles. The van der Waals surface area contributed by atoms with Gasteiger partial charge in [0.1, 0.15) is 6.61 Å². The summed E-state index contributed by atoms with van der Waals surface area (Å²) in [5.74, 6) is 0.653. The predicted molar refractivity (Wildman–Crippen MR) is 80.3 cm³/mol. The van der Waals surface area contributed by atoms with Gasteiger partial charge in [-0.1, -0.05) is 24.3 Å².